The molecule has 0 saturated carbocycles. The predicted molar refractivity (Wildman–Crippen MR) is 78.3 cm³/mol. The first-order valence-corrected chi connectivity index (χ1v) is 7.66. The number of aryl methyl sites for hydroxylation is 1. The SMILES string of the molecule is Cc1cc(Br)cnc1NS(=O)(=O)c1cccc(N)c1. The van der Waals surface area contributed by atoms with Crippen molar-refractivity contribution in [3.63, 3.8) is 0 Å². The van der Waals surface area contributed by atoms with Crippen molar-refractivity contribution in [1.82, 2.24) is 4.98 Å². The molecular formula is C12H12BrN3O2S. The molecule has 19 heavy (non-hydrogen) atoms. The molecule has 1 aromatic heterocycles. The second-order valence-corrected chi connectivity index (χ2v) is 6.60. The zero-order valence-corrected chi connectivity index (χ0v) is 12.5. The van der Waals surface area contributed by atoms with Gasteiger partial charge in [-0.25, -0.2) is 13.4 Å². The zero-order valence-electron chi connectivity index (χ0n) is 10.1. The van der Waals surface area contributed by atoms with Gasteiger partial charge in [0.2, 0.25) is 0 Å². The number of rotatable bonds is 3. The maximum atomic E-state index is 12.2. The first-order valence-electron chi connectivity index (χ1n) is 5.39. The van der Waals surface area contributed by atoms with Crippen LogP contribution in [0.15, 0.2) is 45.9 Å². The van der Waals surface area contributed by atoms with Gasteiger partial charge >= 0.3 is 0 Å². The summed E-state index contributed by atoms with van der Waals surface area (Å²) in [5.74, 6) is 0.297. The third-order valence-electron chi connectivity index (χ3n) is 2.44. The normalized spacial score (nSPS) is 11.3. The maximum Gasteiger partial charge on any atom is 0.263 e. The lowest BCUT2D eigenvalue weighted by Gasteiger charge is -2.10. The van der Waals surface area contributed by atoms with Crippen molar-refractivity contribution in [2.75, 3.05) is 10.5 Å². The van der Waals surface area contributed by atoms with E-state index in [-0.39, 0.29) is 4.90 Å². The molecule has 7 heteroatoms. The minimum atomic E-state index is -3.68. The maximum absolute atomic E-state index is 12.2. The van der Waals surface area contributed by atoms with Crippen molar-refractivity contribution >= 4 is 37.5 Å². The summed E-state index contributed by atoms with van der Waals surface area (Å²) >= 11 is 3.27. The fourth-order valence-electron chi connectivity index (χ4n) is 1.52. The first kappa shape index (κ1) is 13.8. The highest BCUT2D eigenvalue weighted by Gasteiger charge is 2.16. The van der Waals surface area contributed by atoms with Crippen molar-refractivity contribution in [2.24, 2.45) is 0 Å². The Morgan fingerprint density at radius 3 is 2.68 bits per heavy atom. The summed E-state index contributed by atoms with van der Waals surface area (Å²) in [5, 5.41) is 0. The van der Waals surface area contributed by atoms with Crippen LogP contribution in [-0.2, 0) is 10.0 Å². The van der Waals surface area contributed by atoms with E-state index in [2.05, 4.69) is 25.6 Å². The standard InChI is InChI=1S/C12H12BrN3O2S/c1-8-5-9(13)7-15-12(8)16-19(17,18)11-4-2-3-10(14)6-11/h2-7H,14H2,1H3,(H,15,16). The number of sulfonamides is 1. The lowest BCUT2D eigenvalue weighted by molar-refractivity contribution is 0.601. The van der Waals surface area contributed by atoms with Crippen molar-refractivity contribution in [3.05, 3.63) is 46.6 Å². The Hall–Kier alpha value is -1.60. The molecule has 0 aliphatic rings. The van der Waals surface area contributed by atoms with Crippen LogP contribution < -0.4 is 10.5 Å². The molecule has 2 rings (SSSR count). The van der Waals surface area contributed by atoms with E-state index in [0.29, 0.717) is 11.5 Å². The number of aromatic nitrogens is 1. The smallest absolute Gasteiger partial charge is 0.263 e. The zero-order chi connectivity index (χ0) is 14.0. The number of nitrogens with zero attached hydrogens (tertiary/aromatic N) is 1. The highest BCUT2D eigenvalue weighted by molar-refractivity contribution is 9.10. The summed E-state index contributed by atoms with van der Waals surface area (Å²) in [4.78, 5) is 4.15. The van der Waals surface area contributed by atoms with E-state index in [4.69, 9.17) is 5.73 Å². The van der Waals surface area contributed by atoms with Gasteiger partial charge in [0.05, 0.1) is 4.90 Å². The van der Waals surface area contributed by atoms with Crippen molar-refractivity contribution in [3.8, 4) is 0 Å². The van der Waals surface area contributed by atoms with E-state index in [0.717, 1.165) is 10.0 Å². The molecule has 0 bridgehead atoms. The Balaban J connectivity index is 2.36. The fraction of sp³-hybridized carbons (Fsp3) is 0.0833. The molecule has 0 radical (unpaired) electrons. The predicted octanol–water partition coefficient (Wildman–Crippen LogP) is 2.54. The van der Waals surface area contributed by atoms with E-state index < -0.39 is 10.0 Å². The Bertz CT molecular complexity index is 717. The summed E-state index contributed by atoms with van der Waals surface area (Å²) in [7, 11) is -3.68. The van der Waals surface area contributed by atoms with Crippen LogP contribution in [0.5, 0.6) is 0 Å². The molecule has 0 aliphatic heterocycles. The van der Waals surface area contributed by atoms with Crippen LogP contribution >= 0.6 is 15.9 Å². The highest BCUT2D eigenvalue weighted by atomic mass is 79.9. The second-order valence-electron chi connectivity index (χ2n) is 4.00. The van der Waals surface area contributed by atoms with E-state index in [1.54, 1.807) is 25.1 Å². The van der Waals surface area contributed by atoms with Crippen molar-refractivity contribution in [2.45, 2.75) is 11.8 Å². The summed E-state index contributed by atoms with van der Waals surface area (Å²) in [5.41, 5.74) is 6.70. The van der Waals surface area contributed by atoms with Gasteiger partial charge in [0, 0.05) is 16.4 Å². The number of nitrogens with one attached hydrogen (secondary N) is 1. The number of pyridine rings is 1. The monoisotopic (exact) mass is 341 g/mol. The van der Waals surface area contributed by atoms with Gasteiger partial charge in [0.1, 0.15) is 5.82 Å². The molecule has 5 nitrogen and oxygen atoms in total. The lowest BCUT2D eigenvalue weighted by Crippen LogP contribution is -2.15. The number of hydrogen-bond donors (Lipinski definition) is 2. The Morgan fingerprint density at radius 1 is 1.32 bits per heavy atom. The van der Waals surface area contributed by atoms with Crippen molar-refractivity contribution in [1.29, 1.82) is 0 Å². The Labute approximate surface area is 120 Å². The summed E-state index contributed by atoms with van der Waals surface area (Å²) in [6, 6.07) is 7.88. The van der Waals surface area contributed by atoms with Gasteiger partial charge in [-0.3, -0.25) is 4.72 Å². The van der Waals surface area contributed by atoms with Gasteiger partial charge < -0.3 is 5.73 Å². The number of halogens is 1. The van der Waals surface area contributed by atoms with E-state index in [1.165, 1.54) is 18.3 Å². The van der Waals surface area contributed by atoms with Crippen LogP contribution in [0.25, 0.3) is 0 Å². The molecule has 0 unspecified atom stereocenters. The molecule has 0 spiro atoms. The van der Waals surface area contributed by atoms with Gasteiger partial charge in [-0.05, 0) is 52.7 Å². The molecule has 0 saturated heterocycles. The summed E-state index contributed by atoms with van der Waals surface area (Å²) in [6.45, 7) is 1.77. The number of benzene rings is 1. The third-order valence-corrected chi connectivity index (χ3v) is 4.21. The van der Waals surface area contributed by atoms with Crippen molar-refractivity contribution < 1.29 is 8.42 Å². The van der Waals surface area contributed by atoms with Crippen LogP contribution in [0.4, 0.5) is 11.5 Å². The van der Waals surface area contributed by atoms with Crippen LogP contribution in [0.1, 0.15) is 5.56 Å². The van der Waals surface area contributed by atoms with E-state index in [9.17, 15) is 8.42 Å². The van der Waals surface area contributed by atoms with Gasteiger partial charge in [0.25, 0.3) is 10.0 Å². The van der Waals surface area contributed by atoms with Crippen LogP contribution in [0.3, 0.4) is 0 Å². The van der Waals surface area contributed by atoms with Crippen LogP contribution in [0, 0.1) is 6.92 Å². The largest absolute Gasteiger partial charge is 0.399 e. The number of nitrogen functional groups attached to an aromatic ring is 1. The minimum Gasteiger partial charge on any atom is -0.399 e. The summed E-state index contributed by atoms with van der Waals surface area (Å²) < 4.78 is 27.6. The molecule has 0 atom stereocenters. The molecule has 100 valence electrons. The van der Waals surface area contributed by atoms with Gasteiger partial charge in [-0.1, -0.05) is 6.07 Å². The number of nitrogens with two attached hydrogens (primary N) is 1. The van der Waals surface area contributed by atoms with Gasteiger partial charge in [0.15, 0.2) is 0 Å². The molecule has 2 aromatic rings. The molecule has 1 aromatic carbocycles. The van der Waals surface area contributed by atoms with E-state index in [1.807, 2.05) is 0 Å². The molecule has 0 amide bonds. The fourth-order valence-corrected chi connectivity index (χ4v) is 3.10. The van der Waals surface area contributed by atoms with Gasteiger partial charge in [-0.2, -0.15) is 0 Å². The summed E-state index contributed by atoms with van der Waals surface area (Å²) in [6.07, 6.45) is 1.53. The number of hydrogen-bond acceptors (Lipinski definition) is 4. The molecule has 1 heterocycles. The molecule has 0 fully saturated rings. The lowest BCUT2D eigenvalue weighted by atomic mass is 10.3. The second kappa shape index (κ2) is 5.18. The average molecular weight is 342 g/mol. The molecule has 0 aliphatic carbocycles. The van der Waals surface area contributed by atoms with E-state index >= 15 is 0 Å². The van der Waals surface area contributed by atoms with Crippen LogP contribution in [-0.4, -0.2) is 13.4 Å². The molecular weight excluding hydrogens is 330 g/mol. The average Bonchev–Trinajstić information content (AvgIpc) is 2.33. The van der Waals surface area contributed by atoms with Gasteiger partial charge in [-0.15, -0.1) is 0 Å². The first-order chi connectivity index (χ1) is 8.88. The van der Waals surface area contributed by atoms with Crippen LogP contribution in [0.2, 0.25) is 0 Å². The third kappa shape index (κ3) is 3.24. The molecule has 3 N–H and O–H groups in total. The highest BCUT2D eigenvalue weighted by Crippen LogP contribution is 2.21. The quantitative estimate of drug-likeness (QED) is 0.840. The number of anilines is 2. The minimum absolute atomic E-state index is 0.108. The Morgan fingerprint density at radius 2 is 2.05 bits per heavy atom. The Kier molecular flexibility index (Phi) is 3.77. The topological polar surface area (TPSA) is 85.1 Å².